The Balaban J connectivity index is 0.000000564. The third-order valence-electron chi connectivity index (χ3n) is 4.03. The number of benzene rings is 2. The molecule has 0 radical (unpaired) electrons. The van der Waals surface area contributed by atoms with Crippen molar-refractivity contribution in [3.8, 4) is 23.0 Å². The topological polar surface area (TPSA) is 132 Å². The second-order valence-electron chi connectivity index (χ2n) is 7.36. The van der Waals surface area contributed by atoms with Gasteiger partial charge in [-0.15, -0.1) is 0 Å². The fourth-order valence-electron chi connectivity index (χ4n) is 2.31. The number of hydrogen-bond donors (Lipinski definition) is 5. The van der Waals surface area contributed by atoms with Crippen molar-refractivity contribution < 1.29 is 46.2 Å². The van der Waals surface area contributed by atoms with Crippen LogP contribution in [-0.4, -0.2) is 60.0 Å². The number of ether oxygens (including phenoxy) is 1. The SMILES string of the molecule is CC(C)(C)c1ccc(O)c(O)c1.COc1cccc(C=NCCNCCO)c1O.[O]=[V]. The number of aliphatic imine (C=N–C) groups is 1. The van der Waals surface area contributed by atoms with E-state index in [4.69, 9.17) is 18.6 Å². The maximum absolute atomic E-state index is 9.76. The quantitative estimate of drug-likeness (QED) is 0.238. The summed E-state index contributed by atoms with van der Waals surface area (Å²) in [7, 11) is 1.51. The van der Waals surface area contributed by atoms with Crippen molar-refractivity contribution in [2.45, 2.75) is 26.2 Å². The molecule has 31 heavy (non-hydrogen) atoms. The first-order valence-corrected chi connectivity index (χ1v) is 10.2. The number of nitrogens with one attached hydrogen (secondary N) is 1. The molecule has 0 saturated carbocycles. The van der Waals surface area contributed by atoms with Gasteiger partial charge in [-0.25, -0.2) is 0 Å². The van der Waals surface area contributed by atoms with Gasteiger partial charge < -0.3 is 30.5 Å². The van der Waals surface area contributed by atoms with Gasteiger partial charge >= 0.3 is 21.0 Å². The van der Waals surface area contributed by atoms with Crippen LogP contribution < -0.4 is 10.1 Å². The minimum absolute atomic E-state index is 0.00514. The van der Waals surface area contributed by atoms with Crippen LogP contribution in [0.15, 0.2) is 41.4 Å². The number of rotatable bonds is 7. The summed E-state index contributed by atoms with van der Waals surface area (Å²) in [6.45, 7) is 8.15. The monoisotopic (exact) mass is 471 g/mol. The molecule has 2 aromatic rings. The zero-order chi connectivity index (χ0) is 23.9. The van der Waals surface area contributed by atoms with E-state index in [-0.39, 0.29) is 29.3 Å². The van der Waals surface area contributed by atoms with Gasteiger partial charge in [0.05, 0.1) is 20.3 Å². The number of aromatic hydroxyl groups is 3. The fourth-order valence-corrected chi connectivity index (χ4v) is 2.31. The molecule has 0 saturated heterocycles. The molecule has 0 aliphatic carbocycles. The summed E-state index contributed by atoms with van der Waals surface area (Å²) in [4.78, 5) is 4.16. The van der Waals surface area contributed by atoms with Gasteiger partial charge in [-0.3, -0.25) is 4.99 Å². The number of para-hydroxylation sites is 1. The van der Waals surface area contributed by atoms with E-state index in [1.165, 1.54) is 13.2 Å². The molecule has 0 bridgehead atoms. The number of phenolic OH excluding ortho intramolecular Hbond substituents is 3. The first kappa shape index (κ1) is 28.6. The Bertz CT molecular complexity index is 809. The zero-order valence-corrected chi connectivity index (χ0v) is 19.8. The number of hydrogen-bond acceptors (Lipinski definition) is 8. The molecule has 0 aromatic heterocycles. The summed E-state index contributed by atoms with van der Waals surface area (Å²) in [5, 5.41) is 39.6. The van der Waals surface area contributed by atoms with Crippen molar-refractivity contribution in [2.75, 3.05) is 33.4 Å². The molecular formula is C22H32N2O6V. The fraction of sp³-hybridized carbons (Fsp3) is 0.409. The van der Waals surface area contributed by atoms with Crippen LogP contribution in [0.5, 0.6) is 23.0 Å². The van der Waals surface area contributed by atoms with Gasteiger partial charge in [-0.2, -0.15) is 0 Å². The molecular weight excluding hydrogens is 439 g/mol. The summed E-state index contributed by atoms with van der Waals surface area (Å²) >= 11 is 1.06. The van der Waals surface area contributed by atoms with E-state index < -0.39 is 0 Å². The summed E-state index contributed by atoms with van der Waals surface area (Å²) in [6, 6.07) is 10.2. The van der Waals surface area contributed by atoms with Crippen LogP contribution in [-0.2, 0) is 26.5 Å². The zero-order valence-electron chi connectivity index (χ0n) is 18.4. The first-order chi connectivity index (χ1) is 14.7. The van der Waals surface area contributed by atoms with Crippen LogP contribution in [0.4, 0.5) is 0 Å². The standard InChI is InChI=1S/C12H18N2O3.C10H14O2.O.V/c1-17-11-4-2-3-10(12(11)16)9-14-6-5-13-7-8-15;1-10(2,3)7-4-5-8(11)9(12)6-7;;/h2-4,9,13,15-16H,5-8H2,1H3;4-6,11-12H,1-3H3;;. The van der Waals surface area contributed by atoms with Gasteiger partial charge in [0.25, 0.3) is 0 Å². The van der Waals surface area contributed by atoms with Crippen molar-refractivity contribution in [1.82, 2.24) is 5.32 Å². The van der Waals surface area contributed by atoms with Crippen molar-refractivity contribution in [1.29, 1.82) is 0 Å². The Labute approximate surface area is 192 Å². The van der Waals surface area contributed by atoms with Crippen molar-refractivity contribution in [3.63, 3.8) is 0 Å². The number of aliphatic hydroxyl groups is 1. The van der Waals surface area contributed by atoms with E-state index in [0.29, 0.717) is 30.9 Å². The van der Waals surface area contributed by atoms with E-state index in [2.05, 4.69) is 31.1 Å². The summed E-state index contributed by atoms with van der Waals surface area (Å²) in [5.74, 6) is 0.417. The van der Waals surface area contributed by atoms with E-state index in [0.717, 1.165) is 22.9 Å². The van der Waals surface area contributed by atoms with Gasteiger partial charge in [0.15, 0.2) is 23.0 Å². The normalized spacial score (nSPS) is 10.6. The van der Waals surface area contributed by atoms with Crippen molar-refractivity contribution >= 4 is 6.21 Å². The summed E-state index contributed by atoms with van der Waals surface area (Å²) in [5.41, 5.74) is 1.65. The second-order valence-corrected chi connectivity index (χ2v) is 7.36. The maximum atomic E-state index is 9.76. The van der Waals surface area contributed by atoms with E-state index in [1.54, 1.807) is 30.5 Å². The molecule has 0 fully saturated rings. The van der Waals surface area contributed by atoms with Crippen LogP contribution in [0.2, 0.25) is 0 Å². The predicted molar refractivity (Wildman–Crippen MR) is 116 cm³/mol. The minimum atomic E-state index is -0.0667. The van der Waals surface area contributed by atoms with Crippen molar-refractivity contribution in [2.24, 2.45) is 4.99 Å². The molecule has 171 valence electrons. The molecule has 5 N–H and O–H groups in total. The van der Waals surface area contributed by atoms with Crippen molar-refractivity contribution in [3.05, 3.63) is 47.5 Å². The Hall–Kier alpha value is -2.39. The predicted octanol–water partition coefficient (Wildman–Crippen LogP) is 2.68. The summed E-state index contributed by atoms with van der Waals surface area (Å²) < 4.78 is 13.2. The molecule has 0 heterocycles. The third kappa shape index (κ3) is 11.0. The van der Waals surface area contributed by atoms with Gasteiger partial charge in [-0.05, 0) is 35.2 Å². The van der Waals surface area contributed by atoms with Gasteiger partial charge in [0.2, 0.25) is 0 Å². The number of nitrogens with zero attached hydrogens (tertiary/aromatic N) is 1. The molecule has 9 heteroatoms. The third-order valence-corrected chi connectivity index (χ3v) is 4.03. The molecule has 2 rings (SSSR count). The van der Waals surface area contributed by atoms with Crippen LogP contribution in [0.25, 0.3) is 0 Å². The average molecular weight is 471 g/mol. The Morgan fingerprint density at radius 1 is 1.06 bits per heavy atom. The average Bonchev–Trinajstić information content (AvgIpc) is 2.75. The summed E-state index contributed by atoms with van der Waals surface area (Å²) in [6.07, 6.45) is 1.61. The first-order valence-electron chi connectivity index (χ1n) is 9.58. The van der Waals surface area contributed by atoms with E-state index >= 15 is 0 Å². The molecule has 8 nitrogen and oxygen atoms in total. The van der Waals surface area contributed by atoms with Crippen LogP contribution in [0, 0.1) is 0 Å². The molecule has 2 aromatic carbocycles. The number of methoxy groups -OCH3 is 1. The van der Waals surface area contributed by atoms with E-state index in [9.17, 15) is 10.2 Å². The van der Waals surface area contributed by atoms with Crippen LogP contribution in [0.1, 0.15) is 31.9 Å². The molecule has 0 spiro atoms. The van der Waals surface area contributed by atoms with Gasteiger partial charge in [0.1, 0.15) is 0 Å². The number of phenols is 3. The molecule has 0 aliphatic heterocycles. The molecule has 0 atom stereocenters. The van der Waals surface area contributed by atoms with Crippen LogP contribution >= 0.6 is 0 Å². The second kappa shape index (κ2) is 15.4. The van der Waals surface area contributed by atoms with Crippen LogP contribution in [0.3, 0.4) is 0 Å². The Kier molecular flexibility index (Phi) is 14.2. The molecule has 0 unspecified atom stereocenters. The van der Waals surface area contributed by atoms with E-state index in [1.807, 2.05) is 6.07 Å². The molecule has 0 aliphatic rings. The molecule has 0 amide bonds. The Morgan fingerprint density at radius 2 is 1.74 bits per heavy atom. The number of aliphatic hydroxyl groups excluding tert-OH is 1. The van der Waals surface area contributed by atoms with Gasteiger partial charge in [0, 0.05) is 24.9 Å². The van der Waals surface area contributed by atoms with Gasteiger partial charge in [-0.1, -0.05) is 32.9 Å². The Morgan fingerprint density at radius 3 is 2.29 bits per heavy atom.